The van der Waals surface area contributed by atoms with Crippen molar-refractivity contribution in [2.75, 3.05) is 25.6 Å². The van der Waals surface area contributed by atoms with E-state index in [9.17, 15) is 9.90 Å². The Labute approximate surface area is 107 Å². The van der Waals surface area contributed by atoms with Gasteiger partial charge in [0, 0.05) is 19.3 Å². The molecule has 0 radical (unpaired) electrons. The first-order chi connectivity index (χ1) is 8.54. The van der Waals surface area contributed by atoms with Crippen LogP contribution < -0.4 is 15.4 Å². The monoisotopic (exact) mass is 252 g/mol. The van der Waals surface area contributed by atoms with Crippen LogP contribution in [0.15, 0.2) is 18.2 Å². The number of aliphatic hydroxyl groups excluding tert-OH is 1. The summed E-state index contributed by atoms with van der Waals surface area (Å²) in [6.07, 6.45) is -0.361. The molecule has 5 heteroatoms. The van der Waals surface area contributed by atoms with Gasteiger partial charge in [0.1, 0.15) is 11.9 Å². The van der Waals surface area contributed by atoms with E-state index in [0.29, 0.717) is 5.69 Å². The van der Waals surface area contributed by atoms with Gasteiger partial charge in [0.2, 0.25) is 0 Å². The van der Waals surface area contributed by atoms with E-state index in [4.69, 9.17) is 10.5 Å². The Balaban J connectivity index is 2.99. The summed E-state index contributed by atoms with van der Waals surface area (Å²) in [4.78, 5) is 13.2. The van der Waals surface area contributed by atoms with Gasteiger partial charge in [-0.2, -0.15) is 0 Å². The standard InChI is InChI=1S/C13H20N2O3/c1-4-9-7-10(5-6-12(9)18-3)15(2)13(17)11(16)8-14/h5-7,11,16H,4,8,14H2,1-3H3. The summed E-state index contributed by atoms with van der Waals surface area (Å²) in [5, 5.41) is 9.44. The molecular formula is C13H20N2O3. The summed E-state index contributed by atoms with van der Waals surface area (Å²) in [7, 11) is 3.23. The smallest absolute Gasteiger partial charge is 0.256 e. The number of aliphatic hydroxyl groups is 1. The van der Waals surface area contributed by atoms with E-state index in [1.54, 1.807) is 20.2 Å². The van der Waals surface area contributed by atoms with Gasteiger partial charge in [-0.15, -0.1) is 0 Å². The summed E-state index contributed by atoms with van der Waals surface area (Å²) in [5.41, 5.74) is 7.00. The number of methoxy groups -OCH3 is 1. The van der Waals surface area contributed by atoms with Crippen LogP contribution in [0.2, 0.25) is 0 Å². The summed E-state index contributed by atoms with van der Waals surface area (Å²) in [5.74, 6) is 0.381. The Morgan fingerprint density at radius 2 is 2.22 bits per heavy atom. The Morgan fingerprint density at radius 3 is 2.72 bits per heavy atom. The predicted molar refractivity (Wildman–Crippen MR) is 70.8 cm³/mol. The number of nitrogens with zero attached hydrogens (tertiary/aromatic N) is 1. The van der Waals surface area contributed by atoms with Gasteiger partial charge < -0.3 is 20.5 Å². The van der Waals surface area contributed by atoms with Crippen molar-refractivity contribution in [3.05, 3.63) is 23.8 Å². The Hall–Kier alpha value is -1.59. The first-order valence-corrected chi connectivity index (χ1v) is 5.87. The highest BCUT2D eigenvalue weighted by Gasteiger charge is 2.19. The van der Waals surface area contributed by atoms with Gasteiger partial charge >= 0.3 is 0 Å². The van der Waals surface area contributed by atoms with E-state index in [1.807, 2.05) is 19.1 Å². The highest BCUT2D eigenvalue weighted by Crippen LogP contribution is 2.25. The summed E-state index contributed by atoms with van der Waals surface area (Å²) in [6.45, 7) is 1.93. The van der Waals surface area contributed by atoms with Gasteiger partial charge in [0.05, 0.1) is 7.11 Å². The average Bonchev–Trinajstić information content (AvgIpc) is 2.43. The van der Waals surface area contributed by atoms with Crippen molar-refractivity contribution in [2.24, 2.45) is 5.73 Å². The molecule has 1 atom stereocenters. The van der Waals surface area contributed by atoms with Crippen molar-refractivity contribution in [1.82, 2.24) is 0 Å². The maximum atomic E-state index is 11.8. The van der Waals surface area contributed by atoms with Crippen LogP contribution >= 0.6 is 0 Å². The molecular weight excluding hydrogens is 232 g/mol. The molecule has 1 rings (SSSR count). The number of benzene rings is 1. The lowest BCUT2D eigenvalue weighted by molar-refractivity contribution is -0.125. The minimum Gasteiger partial charge on any atom is -0.496 e. The van der Waals surface area contributed by atoms with Crippen LogP contribution in [0.25, 0.3) is 0 Å². The van der Waals surface area contributed by atoms with Crippen LogP contribution in [0, 0.1) is 0 Å². The van der Waals surface area contributed by atoms with E-state index in [0.717, 1.165) is 17.7 Å². The SMILES string of the molecule is CCc1cc(N(C)C(=O)C(O)CN)ccc1OC. The van der Waals surface area contributed by atoms with Crippen molar-refractivity contribution in [2.45, 2.75) is 19.4 Å². The first kappa shape index (κ1) is 14.5. The number of ether oxygens (including phenoxy) is 1. The number of amides is 1. The van der Waals surface area contributed by atoms with Gasteiger partial charge in [-0.05, 0) is 30.2 Å². The number of anilines is 1. The third-order valence-corrected chi connectivity index (χ3v) is 2.87. The largest absolute Gasteiger partial charge is 0.496 e. The Kier molecular flexibility index (Phi) is 5.12. The number of hydrogen-bond donors (Lipinski definition) is 2. The van der Waals surface area contributed by atoms with E-state index in [2.05, 4.69) is 0 Å². The van der Waals surface area contributed by atoms with Gasteiger partial charge in [-0.25, -0.2) is 0 Å². The highest BCUT2D eigenvalue weighted by atomic mass is 16.5. The van der Waals surface area contributed by atoms with Crippen LogP contribution in [0.5, 0.6) is 5.75 Å². The molecule has 1 aromatic carbocycles. The summed E-state index contributed by atoms with van der Waals surface area (Å²) in [6, 6.07) is 5.46. The minimum absolute atomic E-state index is 0.0834. The predicted octanol–water partition coefficient (Wildman–Crippen LogP) is 0.540. The van der Waals surface area contributed by atoms with Crippen molar-refractivity contribution in [1.29, 1.82) is 0 Å². The van der Waals surface area contributed by atoms with Crippen LogP contribution in [-0.4, -0.2) is 37.8 Å². The lowest BCUT2D eigenvalue weighted by atomic mass is 10.1. The van der Waals surface area contributed by atoms with Crippen LogP contribution in [0.3, 0.4) is 0 Å². The molecule has 0 spiro atoms. The normalized spacial score (nSPS) is 12.1. The minimum atomic E-state index is -1.16. The fraction of sp³-hybridized carbons (Fsp3) is 0.462. The molecule has 3 N–H and O–H groups in total. The molecule has 100 valence electrons. The Morgan fingerprint density at radius 1 is 1.56 bits per heavy atom. The molecule has 1 amide bonds. The van der Waals surface area contributed by atoms with E-state index in [-0.39, 0.29) is 6.54 Å². The van der Waals surface area contributed by atoms with Gasteiger partial charge in [0.15, 0.2) is 0 Å². The van der Waals surface area contributed by atoms with Gasteiger partial charge in [0.25, 0.3) is 5.91 Å². The Bertz CT molecular complexity index is 421. The topological polar surface area (TPSA) is 75.8 Å². The lowest BCUT2D eigenvalue weighted by Gasteiger charge is -2.21. The molecule has 5 nitrogen and oxygen atoms in total. The molecule has 0 heterocycles. The molecule has 0 saturated carbocycles. The van der Waals surface area contributed by atoms with Crippen molar-refractivity contribution in [3.63, 3.8) is 0 Å². The zero-order valence-corrected chi connectivity index (χ0v) is 11.0. The zero-order valence-electron chi connectivity index (χ0n) is 11.0. The third kappa shape index (κ3) is 3.00. The molecule has 0 fully saturated rings. The lowest BCUT2D eigenvalue weighted by Crippen LogP contribution is -2.40. The zero-order chi connectivity index (χ0) is 13.7. The molecule has 0 bridgehead atoms. The molecule has 1 aromatic rings. The number of carbonyl (C=O) groups is 1. The molecule has 0 saturated heterocycles. The van der Waals surface area contributed by atoms with Crippen molar-refractivity contribution >= 4 is 11.6 Å². The molecule has 18 heavy (non-hydrogen) atoms. The third-order valence-electron chi connectivity index (χ3n) is 2.87. The van der Waals surface area contributed by atoms with E-state index in [1.165, 1.54) is 4.90 Å². The van der Waals surface area contributed by atoms with E-state index < -0.39 is 12.0 Å². The van der Waals surface area contributed by atoms with Crippen LogP contribution in [-0.2, 0) is 11.2 Å². The molecule has 0 aliphatic rings. The maximum Gasteiger partial charge on any atom is 0.256 e. The molecule has 1 unspecified atom stereocenters. The molecule has 0 aliphatic carbocycles. The number of nitrogens with two attached hydrogens (primary N) is 1. The second-order valence-corrected chi connectivity index (χ2v) is 4.00. The second-order valence-electron chi connectivity index (χ2n) is 4.00. The summed E-state index contributed by atoms with van der Waals surface area (Å²) >= 11 is 0. The number of hydrogen-bond acceptors (Lipinski definition) is 4. The van der Waals surface area contributed by atoms with Gasteiger partial charge in [-0.1, -0.05) is 6.92 Å². The second kappa shape index (κ2) is 6.37. The number of likely N-dealkylation sites (N-methyl/N-ethyl adjacent to an activating group) is 1. The van der Waals surface area contributed by atoms with Crippen LogP contribution in [0.4, 0.5) is 5.69 Å². The fourth-order valence-corrected chi connectivity index (χ4v) is 1.70. The quantitative estimate of drug-likeness (QED) is 0.802. The summed E-state index contributed by atoms with van der Waals surface area (Å²) < 4.78 is 5.23. The highest BCUT2D eigenvalue weighted by molar-refractivity contribution is 5.96. The van der Waals surface area contributed by atoms with E-state index >= 15 is 0 Å². The van der Waals surface area contributed by atoms with Crippen molar-refractivity contribution < 1.29 is 14.6 Å². The number of carbonyl (C=O) groups excluding carboxylic acids is 1. The first-order valence-electron chi connectivity index (χ1n) is 5.87. The molecule has 0 aliphatic heterocycles. The maximum absolute atomic E-state index is 11.8. The number of aryl methyl sites for hydroxylation is 1. The average molecular weight is 252 g/mol. The van der Waals surface area contributed by atoms with Crippen molar-refractivity contribution in [3.8, 4) is 5.75 Å². The van der Waals surface area contributed by atoms with Gasteiger partial charge in [-0.3, -0.25) is 4.79 Å². The number of rotatable bonds is 5. The fourth-order valence-electron chi connectivity index (χ4n) is 1.70. The van der Waals surface area contributed by atoms with Crippen LogP contribution in [0.1, 0.15) is 12.5 Å². The molecule has 0 aromatic heterocycles.